The predicted molar refractivity (Wildman–Crippen MR) is 86.1 cm³/mol. The van der Waals surface area contributed by atoms with Crippen LogP contribution in [0, 0.1) is 0 Å². The molecule has 7 heteroatoms. The van der Waals surface area contributed by atoms with Gasteiger partial charge < -0.3 is 9.72 Å². The van der Waals surface area contributed by atoms with Crippen molar-refractivity contribution in [3.8, 4) is 0 Å². The Labute approximate surface area is 133 Å². The smallest absolute Gasteiger partial charge is 0.316 e. The molecule has 0 fully saturated rings. The number of benzene rings is 1. The number of nitrogens with zero attached hydrogens (tertiary/aromatic N) is 2. The van der Waals surface area contributed by atoms with Crippen molar-refractivity contribution >= 4 is 29.2 Å². The van der Waals surface area contributed by atoms with Gasteiger partial charge in [-0.2, -0.15) is 0 Å². The molecule has 2 N–H and O–H groups in total. The van der Waals surface area contributed by atoms with Crippen LogP contribution in [0.25, 0.3) is 0 Å². The number of carbonyl (C=O) groups is 1. The molecule has 0 radical (unpaired) electrons. The molecule has 1 aliphatic heterocycles. The SMILES string of the molecule is CCOC(=O)CSc1nc2c([nH]1)C(C)NN2c1ccccc1. The van der Waals surface area contributed by atoms with Crippen LogP contribution in [0.2, 0.25) is 0 Å². The van der Waals surface area contributed by atoms with Crippen molar-refractivity contribution in [3.63, 3.8) is 0 Å². The number of H-pyrrole nitrogens is 1. The quantitative estimate of drug-likeness (QED) is 0.652. The van der Waals surface area contributed by atoms with E-state index in [1.807, 2.05) is 35.3 Å². The van der Waals surface area contributed by atoms with Crippen LogP contribution in [0.5, 0.6) is 0 Å². The van der Waals surface area contributed by atoms with Gasteiger partial charge in [0.1, 0.15) is 0 Å². The molecule has 0 bridgehead atoms. The fraction of sp³-hybridized carbons (Fsp3) is 0.333. The molecule has 1 atom stereocenters. The van der Waals surface area contributed by atoms with Gasteiger partial charge in [-0.05, 0) is 26.0 Å². The van der Waals surface area contributed by atoms with E-state index in [-0.39, 0.29) is 17.8 Å². The number of imidazole rings is 1. The van der Waals surface area contributed by atoms with E-state index in [9.17, 15) is 4.79 Å². The summed E-state index contributed by atoms with van der Waals surface area (Å²) in [5.41, 5.74) is 5.42. The van der Waals surface area contributed by atoms with Crippen molar-refractivity contribution in [2.45, 2.75) is 25.0 Å². The van der Waals surface area contributed by atoms with Crippen molar-refractivity contribution in [2.75, 3.05) is 17.4 Å². The number of hydrazine groups is 1. The molecule has 2 heterocycles. The first-order valence-corrected chi connectivity index (χ1v) is 8.17. The Bertz CT molecular complexity index is 659. The van der Waals surface area contributed by atoms with Gasteiger partial charge in [-0.15, -0.1) is 0 Å². The lowest BCUT2D eigenvalue weighted by Gasteiger charge is -2.18. The molecule has 3 rings (SSSR count). The Morgan fingerprint density at radius 3 is 2.91 bits per heavy atom. The van der Waals surface area contributed by atoms with E-state index in [2.05, 4.69) is 22.3 Å². The Hall–Kier alpha value is -1.99. The third kappa shape index (κ3) is 2.95. The van der Waals surface area contributed by atoms with Crippen molar-refractivity contribution in [3.05, 3.63) is 36.0 Å². The summed E-state index contributed by atoms with van der Waals surface area (Å²) >= 11 is 1.36. The molecule has 22 heavy (non-hydrogen) atoms. The van der Waals surface area contributed by atoms with Crippen LogP contribution >= 0.6 is 11.8 Å². The number of anilines is 2. The Kier molecular flexibility index (Phi) is 4.35. The summed E-state index contributed by atoms with van der Waals surface area (Å²) in [5, 5.41) is 2.69. The molecule has 116 valence electrons. The molecule has 0 amide bonds. The van der Waals surface area contributed by atoms with Gasteiger partial charge in [0.2, 0.25) is 0 Å². The molecule has 1 aliphatic rings. The highest BCUT2D eigenvalue weighted by molar-refractivity contribution is 7.99. The number of aromatic amines is 1. The first-order chi connectivity index (χ1) is 10.7. The topological polar surface area (TPSA) is 70.2 Å². The number of hydrogen-bond acceptors (Lipinski definition) is 6. The average Bonchev–Trinajstić information content (AvgIpc) is 3.07. The van der Waals surface area contributed by atoms with Crippen molar-refractivity contribution in [1.29, 1.82) is 0 Å². The summed E-state index contributed by atoms with van der Waals surface area (Å²) in [4.78, 5) is 19.3. The zero-order valence-corrected chi connectivity index (χ0v) is 13.3. The highest BCUT2D eigenvalue weighted by Gasteiger charge is 2.30. The number of esters is 1. The van der Waals surface area contributed by atoms with Crippen LogP contribution in [-0.4, -0.2) is 28.3 Å². The van der Waals surface area contributed by atoms with Crippen LogP contribution in [0.4, 0.5) is 11.5 Å². The maximum absolute atomic E-state index is 11.4. The van der Waals surface area contributed by atoms with Gasteiger partial charge in [-0.25, -0.2) is 10.4 Å². The van der Waals surface area contributed by atoms with Crippen molar-refractivity contribution in [2.24, 2.45) is 0 Å². The highest BCUT2D eigenvalue weighted by atomic mass is 32.2. The number of hydrogen-bond donors (Lipinski definition) is 2. The van der Waals surface area contributed by atoms with Crippen molar-refractivity contribution in [1.82, 2.24) is 15.4 Å². The Morgan fingerprint density at radius 1 is 1.41 bits per heavy atom. The zero-order chi connectivity index (χ0) is 15.5. The third-order valence-corrected chi connectivity index (χ3v) is 4.15. The number of aromatic nitrogens is 2. The summed E-state index contributed by atoms with van der Waals surface area (Å²) in [6, 6.07) is 10.1. The molecule has 0 saturated heterocycles. The summed E-state index contributed by atoms with van der Waals surface area (Å²) in [7, 11) is 0. The minimum atomic E-state index is -0.227. The lowest BCUT2D eigenvalue weighted by atomic mass is 10.3. The maximum atomic E-state index is 11.4. The Balaban J connectivity index is 1.76. The summed E-state index contributed by atoms with van der Waals surface area (Å²) in [6.07, 6.45) is 0. The van der Waals surface area contributed by atoms with Crippen LogP contribution in [0.1, 0.15) is 25.6 Å². The number of rotatable bonds is 5. The monoisotopic (exact) mass is 318 g/mol. The molecular weight excluding hydrogens is 300 g/mol. The number of fused-ring (bicyclic) bond motifs is 1. The van der Waals surface area contributed by atoms with E-state index in [1.54, 1.807) is 6.92 Å². The number of carbonyl (C=O) groups excluding carboxylic acids is 1. The second-order valence-corrected chi connectivity index (χ2v) is 5.86. The minimum absolute atomic E-state index is 0.139. The molecule has 1 unspecified atom stereocenters. The van der Waals surface area contributed by atoms with Gasteiger partial charge >= 0.3 is 5.97 Å². The van der Waals surface area contributed by atoms with Gasteiger partial charge in [0.25, 0.3) is 0 Å². The largest absolute Gasteiger partial charge is 0.465 e. The van der Waals surface area contributed by atoms with Crippen LogP contribution in [0.15, 0.2) is 35.5 Å². The first-order valence-electron chi connectivity index (χ1n) is 7.18. The molecule has 0 aliphatic carbocycles. The van der Waals surface area contributed by atoms with Gasteiger partial charge in [0, 0.05) is 0 Å². The zero-order valence-electron chi connectivity index (χ0n) is 12.5. The summed E-state index contributed by atoms with van der Waals surface area (Å²) < 4.78 is 4.93. The highest BCUT2D eigenvalue weighted by Crippen LogP contribution is 2.36. The van der Waals surface area contributed by atoms with E-state index in [1.165, 1.54) is 11.8 Å². The number of nitrogens with one attached hydrogen (secondary N) is 2. The van der Waals surface area contributed by atoms with Gasteiger partial charge in [0.05, 0.1) is 29.8 Å². The Morgan fingerprint density at radius 2 is 2.18 bits per heavy atom. The predicted octanol–water partition coefficient (Wildman–Crippen LogP) is 2.78. The van der Waals surface area contributed by atoms with Crippen LogP contribution in [0.3, 0.4) is 0 Å². The van der Waals surface area contributed by atoms with Gasteiger partial charge in [-0.3, -0.25) is 9.80 Å². The molecule has 1 aromatic heterocycles. The first kappa shape index (κ1) is 14.9. The normalized spacial score (nSPS) is 16.6. The lowest BCUT2D eigenvalue weighted by molar-refractivity contribution is -0.139. The molecule has 1 aromatic carbocycles. The summed E-state index contributed by atoms with van der Waals surface area (Å²) in [6.45, 7) is 4.27. The van der Waals surface area contributed by atoms with Gasteiger partial charge in [0.15, 0.2) is 11.0 Å². The molecular formula is C15H18N4O2S. The minimum Gasteiger partial charge on any atom is -0.465 e. The fourth-order valence-electron chi connectivity index (χ4n) is 2.32. The van der Waals surface area contributed by atoms with E-state index in [0.29, 0.717) is 6.61 Å². The second-order valence-electron chi connectivity index (χ2n) is 4.89. The van der Waals surface area contributed by atoms with E-state index < -0.39 is 0 Å². The van der Waals surface area contributed by atoms with Crippen LogP contribution < -0.4 is 10.4 Å². The molecule has 6 nitrogen and oxygen atoms in total. The summed E-state index contributed by atoms with van der Waals surface area (Å²) in [5.74, 6) is 0.883. The fourth-order valence-corrected chi connectivity index (χ4v) is 2.99. The van der Waals surface area contributed by atoms with E-state index in [4.69, 9.17) is 4.74 Å². The standard InChI is InChI=1S/C15H18N4O2S/c1-3-21-12(20)9-22-15-16-13-10(2)18-19(14(13)17-15)11-7-5-4-6-8-11/h4-8,10,18H,3,9H2,1-2H3,(H,16,17). The lowest BCUT2D eigenvalue weighted by Crippen LogP contribution is -2.29. The van der Waals surface area contributed by atoms with Gasteiger partial charge in [-0.1, -0.05) is 30.0 Å². The van der Waals surface area contributed by atoms with E-state index in [0.717, 1.165) is 22.4 Å². The molecule has 0 saturated carbocycles. The number of para-hydroxylation sites is 1. The molecule has 0 spiro atoms. The second kappa shape index (κ2) is 6.41. The third-order valence-electron chi connectivity index (χ3n) is 3.30. The van der Waals surface area contributed by atoms with Crippen molar-refractivity contribution < 1.29 is 9.53 Å². The van der Waals surface area contributed by atoms with E-state index >= 15 is 0 Å². The molecule has 2 aromatic rings. The number of thioether (sulfide) groups is 1. The maximum Gasteiger partial charge on any atom is 0.316 e. The average molecular weight is 318 g/mol. The van der Waals surface area contributed by atoms with Crippen LogP contribution in [-0.2, 0) is 9.53 Å². The number of ether oxygens (including phenoxy) is 1.